The molecular formula is C14H17BN2O5S. The molecule has 0 aromatic heterocycles. The van der Waals surface area contributed by atoms with Crippen LogP contribution in [-0.4, -0.2) is 52.9 Å². The Morgan fingerprint density at radius 1 is 1.57 bits per heavy atom. The number of fused-ring (bicyclic) bond motifs is 1. The fraction of sp³-hybridized carbons (Fsp3) is 0.500. The van der Waals surface area contributed by atoms with E-state index in [1.165, 1.54) is 16.7 Å². The van der Waals surface area contributed by atoms with E-state index in [-0.39, 0.29) is 23.4 Å². The standard InChI is InChI=1S/C14H17BN2O5S/c1-5-7-21-10(18)9-6-8-23-12-15(11(19)17(9)12)16-13(20)22-14(2,3)4/h1,6,12H,7-8H2,2-4H3,(H,16,20). The van der Waals surface area contributed by atoms with E-state index in [9.17, 15) is 14.4 Å². The van der Waals surface area contributed by atoms with Gasteiger partial charge in [-0.15, -0.1) is 18.2 Å². The molecule has 0 aromatic carbocycles. The Labute approximate surface area is 139 Å². The quantitative estimate of drug-likeness (QED) is 0.473. The number of thioether (sulfide) groups is 1. The lowest BCUT2D eigenvalue weighted by Crippen LogP contribution is -2.73. The number of carbonyl (C=O) groups is 3. The lowest BCUT2D eigenvalue weighted by atomic mass is 9.52. The van der Waals surface area contributed by atoms with Crippen LogP contribution in [0.25, 0.3) is 0 Å². The number of nitrogens with zero attached hydrogens (tertiary/aromatic N) is 1. The van der Waals surface area contributed by atoms with E-state index >= 15 is 0 Å². The number of esters is 1. The van der Waals surface area contributed by atoms with Crippen LogP contribution in [0.1, 0.15) is 20.8 Å². The summed E-state index contributed by atoms with van der Waals surface area (Å²) in [7, 11) is 0. The predicted molar refractivity (Wildman–Crippen MR) is 86.5 cm³/mol. The molecule has 2 rings (SSSR count). The maximum absolute atomic E-state index is 12.2. The second kappa shape index (κ2) is 6.58. The number of ether oxygens (including phenoxy) is 2. The monoisotopic (exact) mass is 336 g/mol. The van der Waals surface area contributed by atoms with E-state index in [2.05, 4.69) is 11.1 Å². The maximum Gasteiger partial charge on any atom is 0.398 e. The highest BCUT2D eigenvalue weighted by molar-refractivity contribution is 8.02. The minimum Gasteiger partial charge on any atom is -0.448 e. The Morgan fingerprint density at radius 2 is 2.26 bits per heavy atom. The third-order valence-corrected chi connectivity index (χ3v) is 4.20. The summed E-state index contributed by atoms with van der Waals surface area (Å²) < 4.78 is 10.00. The van der Waals surface area contributed by atoms with Crippen LogP contribution in [0.4, 0.5) is 9.59 Å². The minimum absolute atomic E-state index is 0.157. The highest BCUT2D eigenvalue weighted by Crippen LogP contribution is 2.36. The molecular weight excluding hydrogens is 319 g/mol. The fourth-order valence-corrected chi connectivity index (χ4v) is 3.34. The van der Waals surface area contributed by atoms with Gasteiger partial charge in [-0.25, -0.2) is 9.59 Å². The van der Waals surface area contributed by atoms with Crippen molar-refractivity contribution < 1.29 is 23.9 Å². The zero-order valence-electron chi connectivity index (χ0n) is 13.1. The number of rotatable bonds is 3. The number of hydrogen-bond acceptors (Lipinski definition) is 6. The van der Waals surface area contributed by atoms with Crippen LogP contribution in [0.2, 0.25) is 0 Å². The van der Waals surface area contributed by atoms with Gasteiger partial charge in [-0.1, -0.05) is 5.92 Å². The Morgan fingerprint density at radius 3 is 2.87 bits per heavy atom. The molecule has 1 fully saturated rings. The van der Waals surface area contributed by atoms with Crippen molar-refractivity contribution in [1.82, 2.24) is 10.1 Å². The number of carbonyl (C=O) groups excluding carboxylic acids is 3. The lowest BCUT2D eigenvalue weighted by molar-refractivity contribution is -0.139. The van der Waals surface area contributed by atoms with Gasteiger partial charge in [0.2, 0.25) is 5.81 Å². The van der Waals surface area contributed by atoms with Crippen LogP contribution in [0.15, 0.2) is 11.8 Å². The summed E-state index contributed by atoms with van der Waals surface area (Å²) >= 11 is 1.44. The summed E-state index contributed by atoms with van der Waals surface area (Å²) in [6.45, 7) is 4.33. The predicted octanol–water partition coefficient (Wildman–Crippen LogP) is 1.19. The average Bonchev–Trinajstić information content (AvgIpc) is 2.47. The van der Waals surface area contributed by atoms with Gasteiger partial charge in [0.05, 0.1) is 5.27 Å². The number of terminal acetylenes is 1. The SMILES string of the molecule is C#CCOC(=O)C1=CCSC2B(NC(=O)OC(C)(C)C)C(=O)N12. The molecule has 0 radical (unpaired) electrons. The van der Waals surface area contributed by atoms with Crippen LogP contribution in [-0.2, 0) is 14.3 Å². The maximum atomic E-state index is 12.2. The molecule has 23 heavy (non-hydrogen) atoms. The van der Waals surface area contributed by atoms with Crippen molar-refractivity contribution in [3.05, 3.63) is 11.8 Å². The average molecular weight is 336 g/mol. The molecule has 1 unspecified atom stereocenters. The topological polar surface area (TPSA) is 84.9 Å². The molecule has 1 saturated heterocycles. The highest BCUT2D eigenvalue weighted by Gasteiger charge is 2.57. The summed E-state index contributed by atoms with van der Waals surface area (Å²) in [4.78, 5) is 37.3. The zero-order valence-corrected chi connectivity index (χ0v) is 13.9. The van der Waals surface area contributed by atoms with E-state index < -0.39 is 24.5 Å². The summed E-state index contributed by atoms with van der Waals surface area (Å²) in [6.07, 6.45) is 5.99. The highest BCUT2D eigenvalue weighted by atomic mass is 32.2. The van der Waals surface area contributed by atoms with Gasteiger partial charge in [-0.05, 0) is 26.8 Å². The third-order valence-electron chi connectivity index (χ3n) is 3.01. The molecule has 0 aliphatic carbocycles. The van der Waals surface area contributed by atoms with Crippen LogP contribution in [0.5, 0.6) is 0 Å². The van der Waals surface area contributed by atoms with E-state index in [1.807, 2.05) is 0 Å². The Balaban J connectivity index is 2.00. The van der Waals surface area contributed by atoms with E-state index in [4.69, 9.17) is 15.9 Å². The molecule has 0 aromatic rings. The van der Waals surface area contributed by atoms with Gasteiger partial charge in [0, 0.05) is 5.75 Å². The molecule has 2 aliphatic heterocycles. The van der Waals surface area contributed by atoms with Gasteiger partial charge >= 0.3 is 18.9 Å². The van der Waals surface area contributed by atoms with Gasteiger partial charge in [0.15, 0.2) is 6.61 Å². The number of amides is 2. The molecule has 122 valence electrons. The first-order valence-electron chi connectivity index (χ1n) is 6.99. The van der Waals surface area contributed by atoms with E-state index in [0.29, 0.717) is 5.75 Å². The molecule has 9 heteroatoms. The van der Waals surface area contributed by atoms with Crippen LogP contribution in [0.3, 0.4) is 0 Å². The van der Waals surface area contributed by atoms with Gasteiger partial charge in [0.25, 0.3) is 0 Å². The van der Waals surface area contributed by atoms with Crippen molar-refractivity contribution in [3.63, 3.8) is 0 Å². The first-order chi connectivity index (χ1) is 10.7. The molecule has 1 atom stereocenters. The molecule has 2 aliphatic rings. The van der Waals surface area contributed by atoms with Crippen molar-refractivity contribution in [3.8, 4) is 12.3 Å². The molecule has 1 N–H and O–H groups in total. The summed E-state index contributed by atoms with van der Waals surface area (Å²) in [5, 5.41) is 2.19. The minimum atomic E-state index is -0.723. The number of nitrogens with one attached hydrogen (secondary N) is 1. The lowest BCUT2D eigenvalue weighted by Gasteiger charge is -2.46. The molecule has 2 heterocycles. The summed E-state index contributed by atoms with van der Waals surface area (Å²) in [5.74, 6) is 1.71. The molecule has 0 bridgehead atoms. The smallest absolute Gasteiger partial charge is 0.398 e. The van der Waals surface area contributed by atoms with Crippen molar-refractivity contribution in [2.75, 3.05) is 12.4 Å². The molecule has 7 nitrogen and oxygen atoms in total. The second-order valence-corrected chi connectivity index (χ2v) is 7.08. The van der Waals surface area contributed by atoms with Crippen molar-refractivity contribution in [2.24, 2.45) is 0 Å². The zero-order chi connectivity index (χ0) is 17.2. The second-order valence-electron chi connectivity index (χ2n) is 5.93. The summed E-state index contributed by atoms with van der Waals surface area (Å²) in [6, 6.07) is 0. The van der Waals surface area contributed by atoms with Gasteiger partial charge < -0.3 is 19.6 Å². The van der Waals surface area contributed by atoms with Gasteiger partial charge in [-0.3, -0.25) is 4.79 Å². The van der Waals surface area contributed by atoms with E-state index in [0.717, 1.165) is 0 Å². The van der Waals surface area contributed by atoms with Crippen molar-refractivity contribution >= 4 is 36.5 Å². The van der Waals surface area contributed by atoms with Crippen molar-refractivity contribution in [1.29, 1.82) is 0 Å². The van der Waals surface area contributed by atoms with Crippen LogP contribution < -0.4 is 5.23 Å². The van der Waals surface area contributed by atoms with Gasteiger partial charge in [-0.2, -0.15) is 0 Å². The van der Waals surface area contributed by atoms with Gasteiger partial charge in [0.1, 0.15) is 11.3 Å². The normalized spacial score (nSPS) is 19.8. The molecule has 2 amide bonds. The first kappa shape index (κ1) is 17.3. The summed E-state index contributed by atoms with van der Waals surface area (Å²) in [5.41, 5.74) is -0.489. The van der Waals surface area contributed by atoms with Crippen LogP contribution >= 0.6 is 11.8 Å². The van der Waals surface area contributed by atoms with Crippen molar-refractivity contribution in [2.45, 2.75) is 31.6 Å². The number of hydrogen-bond donors (Lipinski definition) is 1. The van der Waals surface area contributed by atoms with E-state index in [1.54, 1.807) is 26.8 Å². The Hall–Kier alpha value is -2.08. The van der Waals surface area contributed by atoms with Crippen LogP contribution in [0, 0.1) is 12.3 Å². The molecule has 0 spiro atoms. The first-order valence-corrected chi connectivity index (χ1v) is 8.04. The fourth-order valence-electron chi connectivity index (χ4n) is 2.15. The molecule has 0 saturated carbocycles. The largest absolute Gasteiger partial charge is 0.448 e. The Kier molecular flexibility index (Phi) is 4.95. The Bertz CT molecular complexity index is 607. The third kappa shape index (κ3) is 3.82.